The maximum atomic E-state index is 12.3. The number of carbonyl (C=O) groups is 4. The number of hydrogen-bond acceptors (Lipinski definition) is 9. The minimum Gasteiger partial charge on any atom is -0.468 e. The molecule has 0 spiro atoms. The van der Waals surface area contributed by atoms with E-state index in [0.717, 1.165) is 57.8 Å². The van der Waals surface area contributed by atoms with E-state index < -0.39 is 36.1 Å². The highest BCUT2D eigenvalue weighted by Crippen LogP contribution is 2.06. The van der Waals surface area contributed by atoms with Gasteiger partial charge in [0.05, 0.1) is 13.8 Å². The molecular weight excluding hydrogens is 456 g/mol. The van der Waals surface area contributed by atoms with Crippen LogP contribution in [0.2, 0.25) is 0 Å². The lowest BCUT2D eigenvalue weighted by molar-refractivity contribution is -0.152. The van der Waals surface area contributed by atoms with Crippen molar-refractivity contribution in [3.63, 3.8) is 0 Å². The van der Waals surface area contributed by atoms with E-state index in [1.165, 1.54) is 7.11 Å². The van der Waals surface area contributed by atoms with Gasteiger partial charge < -0.3 is 24.3 Å². The van der Waals surface area contributed by atoms with Gasteiger partial charge in [-0.05, 0) is 19.3 Å². The Kier molecular flexibility index (Phi) is 20.6. The third kappa shape index (κ3) is 18.6. The van der Waals surface area contributed by atoms with Gasteiger partial charge in [-0.25, -0.2) is 4.79 Å². The quantitative estimate of drug-likeness (QED) is 0.104. The molecule has 0 fully saturated rings. The van der Waals surface area contributed by atoms with Gasteiger partial charge in [0.25, 0.3) is 0 Å². The van der Waals surface area contributed by atoms with Gasteiger partial charge >= 0.3 is 24.0 Å². The van der Waals surface area contributed by atoms with Gasteiger partial charge in [0.15, 0.2) is 6.10 Å². The molecule has 0 aromatic rings. The first-order valence-corrected chi connectivity index (χ1v) is 12.9. The monoisotopic (exact) mass is 502 g/mol. The second-order valence-electron chi connectivity index (χ2n) is 8.44. The summed E-state index contributed by atoms with van der Waals surface area (Å²) in [6.45, 7) is 5.70. The molecule has 10 nitrogen and oxygen atoms in total. The molecule has 10 heteroatoms. The van der Waals surface area contributed by atoms with E-state index in [9.17, 15) is 19.2 Å². The largest absolute Gasteiger partial charge is 0.468 e. The molecule has 0 saturated heterocycles. The first-order valence-electron chi connectivity index (χ1n) is 12.9. The lowest BCUT2D eigenvalue weighted by atomic mass is 10.1. The van der Waals surface area contributed by atoms with Crippen LogP contribution in [-0.2, 0) is 33.3 Å². The Labute approximate surface area is 210 Å². The lowest BCUT2D eigenvalue weighted by Gasteiger charge is -2.20. The van der Waals surface area contributed by atoms with Crippen molar-refractivity contribution < 1.29 is 38.1 Å². The van der Waals surface area contributed by atoms with Crippen molar-refractivity contribution in [2.75, 3.05) is 27.0 Å². The zero-order chi connectivity index (χ0) is 26.3. The van der Waals surface area contributed by atoms with Crippen LogP contribution in [0.3, 0.4) is 0 Å². The van der Waals surface area contributed by atoms with Crippen LogP contribution in [0.1, 0.15) is 97.8 Å². The minimum absolute atomic E-state index is 0.0228. The first kappa shape index (κ1) is 32.6. The number of ether oxygens (including phenoxy) is 4. The van der Waals surface area contributed by atoms with Gasteiger partial charge in [-0.1, -0.05) is 65.7 Å². The SMILES string of the molecule is CCCCCC(=O)OCC(COC(=O)CCCCC)OC(=O)NCNC(CCCCC)C(=O)OC. The van der Waals surface area contributed by atoms with Gasteiger partial charge in [0.2, 0.25) is 0 Å². The predicted molar refractivity (Wildman–Crippen MR) is 132 cm³/mol. The fraction of sp³-hybridized carbons (Fsp3) is 0.840. The average molecular weight is 503 g/mol. The van der Waals surface area contributed by atoms with Crippen molar-refractivity contribution >= 4 is 24.0 Å². The smallest absolute Gasteiger partial charge is 0.408 e. The Balaban J connectivity index is 4.68. The predicted octanol–water partition coefficient (Wildman–Crippen LogP) is 4.00. The normalized spacial score (nSPS) is 11.6. The maximum Gasteiger partial charge on any atom is 0.408 e. The number of esters is 3. The zero-order valence-electron chi connectivity index (χ0n) is 22.0. The van der Waals surface area contributed by atoms with Crippen LogP contribution in [0.4, 0.5) is 4.79 Å². The number of rotatable bonds is 21. The Morgan fingerprint density at radius 2 is 1.26 bits per heavy atom. The van der Waals surface area contributed by atoms with Crippen LogP contribution in [0.5, 0.6) is 0 Å². The van der Waals surface area contributed by atoms with Crippen molar-refractivity contribution in [2.45, 2.75) is 110 Å². The molecule has 0 aromatic carbocycles. The Bertz CT molecular complexity index is 574. The molecule has 0 radical (unpaired) electrons. The summed E-state index contributed by atoms with van der Waals surface area (Å²) in [6.07, 6.45) is 7.52. The molecule has 0 bridgehead atoms. The van der Waals surface area contributed by atoms with Crippen LogP contribution in [-0.4, -0.2) is 63.1 Å². The zero-order valence-corrected chi connectivity index (χ0v) is 22.0. The van der Waals surface area contributed by atoms with Gasteiger partial charge in [0.1, 0.15) is 19.3 Å². The molecule has 0 aromatic heterocycles. The van der Waals surface area contributed by atoms with Gasteiger partial charge in [-0.15, -0.1) is 0 Å². The van der Waals surface area contributed by atoms with E-state index in [1.807, 2.05) is 13.8 Å². The number of unbranched alkanes of at least 4 members (excludes halogenated alkanes) is 6. The first-order chi connectivity index (χ1) is 16.9. The van der Waals surface area contributed by atoms with Crippen molar-refractivity contribution in [3.05, 3.63) is 0 Å². The third-order valence-electron chi connectivity index (χ3n) is 5.27. The van der Waals surface area contributed by atoms with Crippen molar-refractivity contribution in [1.29, 1.82) is 0 Å². The van der Waals surface area contributed by atoms with Crippen molar-refractivity contribution in [2.24, 2.45) is 0 Å². The van der Waals surface area contributed by atoms with Crippen LogP contribution in [0.25, 0.3) is 0 Å². The summed E-state index contributed by atoms with van der Waals surface area (Å²) in [6, 6.07) is -0.546. The van der Waals surface area contributed by atoms with E-state index in [0.29, 0.717) is 6.42 Å². The van der Waals surface area contributed by atoms with Crippen LogP contribution in [0, 0.1) is 0 Å². The summed E-state index contributed by atoms with van der Waals surface area (Å²) in [7, 11) is 1.32. The van der Waals surface area contributed by atoms with Crippen LogP contribution >= 0.6 is 0 Å². The second-order valence-corrected chi connectivity index (χ2v) is 8.44. The minimum atomic E-state index is -0.943. The van der Waals surface area contributed by atoms with Gasteiger partial charge in [-0.2, -0.15) is 0 Å². The van der Waals surface area contributed by atoms with Gasteiger partial charge in [0, 0.05) is 12.8 Å². The molecule has 2 N–H and O–H groups in total. The van der Waals surface area contributed by atoms with E-state index in [1.54, 1.807) is 0 Å². The van der Waals surface area contributed by atoms with Crippen LogP contribution in [0.15, 0.2) is 0 Å². The molecule has 0 heterocycles. The number of hydrogen-bond donors (Lipinski definition) is 2. The summed E-state index contributed by atoms with van der Waals surface area (Å²) < 4.78 is 20.5. The number of carbonyl (C=O) groups excluding carboxylic acids is 4. The molecule has 0 aliphatic heterocycles. The fourth-order valence-corrected chi connectivity index (χ4v) is 3.15. The molecule has 0 aliphatic carbocycles. The highest BCUT2D eigenvalue weighted by molar-refractivity contribution is 5.75. The summed E-state index contributed by atoms with van der Waals surface area (Å²) in [5, 5.41) is 5.45. The van der Waals surface area contributed by atoms with E-state index in [4.69, 9.17) is 18.9 Å². The van der Waals surface area contributed by atoms with E-state index >= 15 is 0 Å². The molecular formula is C25H46N2O8. The number of nitrogens with one attached hydrogen (secondary N) is 2. The van der Waals surface area contributed by atoms with E-state index in [-0.39, 0.29) is 32.7 Å². The van der Waals surface area contributed by atoms with E-state index in [2.05, 4.69) is 17.6 Å². The average Bonchev–Trinajstić information content (AvgIpc) is 2.84. The Morgan fingerprint density at radius 3 is 1.74 bits per heavy atom. The standard InChI is InChI=1S/C25H46N2O8/c1-5-8-11-14-21(24(30)32-4)26-19-27-25(31)35-20(17-33-22(28)15-12-9-6-2)18-34-23(29)16-13-10-7-3/h20-21,26H,5-19H2,1-4H3,(H,27,31). The summed E-state index contributed by atoms with van der Waals surface area (Å²) in [5.74, 6) is -1.19. The highest BCUT2D eigenvalue weighted by atomic mass is 16.6. The summed E-state index contributed by atoms with van der Waals surface area (Å²) >= 11 is 0. The molecule has 1 unspecified atom stereocenters. The summed E-state index contributed by atoms with van der Waals surface area (Å²) in [4.78, 5) is 48.1. The molecule has 1 atom stereocenters. The van der Waals surface area contributed by atoms with Crippen molar-refractivity contribution in [3.8, 4) is 0 Å². The summed E-state index contributed by atoms with van der Waals surface area (Å²) in [5.41, 5.74) is 0. The van der Waals surface area contributed by atoms with Crippen LogP contribution < -0.4 is 10.6 Å². The fourth-order valence-electron chi connectivity index (χ4n) is 3.15. The number of amides is 1. The molecule has 0 saturated carbocycles. The van der Waals surface area contributed by atoms with Crippen molar-refractivity contribution in [1.82, 2.24) is 10.6 Å². The topological polar surface area (TPSA) is 129 Å². The molecule has 0 aliphatic rings. The molecule has 1 amide bonds. The highest BCUT2D eigenvalue weighted by Gasteiger charge is 2.21. The third-order valence-corrected chi connectivity index (χ3v) is 5.27. The molecule has 204 valence electrons. The second kappa shape index (κ2) is 22.1. The number of alkyl carbamates (subject to hydrolysis) is 1. The maximum absolute atomic E-state index is 12.3. The lowest BCUT2D eigenvalue weighted by Crippen LogP contribution is -2.45. The number of methoxy groups -OCH3 is 1. The Morgan fingerprint density at radius 1 is 0.743 bits per heavy atom. The Hall–Kier alpha value is -2.36. The molecule has 35 heavy (non-hydrogen) atoms. The van der Waals surface area contributed by atoms with Gasteiger partial charge in [-0.3, -0.25) is 19.7 Å². The molecule has 0 rings (SSSR count).